The second-order valence-corrected chi connectivity index (χ2v) is 6.31. The van der Waals surface area contributed by atoms with E-state index >= 15 is 0 Å². The number of nitrogens with one attached hydrogen (secondary N) is 2. The monoisotopic (exact) mass is 241 g/mol. The van der Waals surface area contributed by atoms with E-state index in [0.717, 1.165) is 5.56 Å². The van der Waals surface area contributed by atoms with E-state index in [1.54, 1.807) is 12.1 Å². The zero-order chi connectivity index (χ0) is 11.8. The van der Waals surface area contributed by atoms with Crippen LogP contribution < -0.4 is 16.6 Å². The first-order chi connectivity index (χ1) is 7.48. The van der Waals surface area contributed by atoms with Gasteiger partial charge in [-0.05, 0) is 17.7 Å². The van der Waals surface area contributed by atoms with Crippen LogP contribution in [0.15, 0.2) is 24.3 Å². The summed E-state index contributed by atoms with van der Waals surface area (Å²) >= 11 is 0. The van der Waals surface area contributed by atoms with Crippen molar-refractivity contribution in [3.8, 4) is 0 Å². The number of hydrogen-bond donors (Lipinski definition) is 3. The minimum absolute atomic E-state index is 0.238. The first-order valence-electron chi connectivity index (χ1n) is 5.01. The molecule has 16 heavy (non-hydrogen) atoms. The molecule has 1 fully saturated rings. The molecule has 4 N–H and O–H groups in total. The second kappa shape index (κ2) is 4.04. The molecule has 88 valence electrons. The van der Waals surface area contributed by atoms with E-state index < -0.39 is 15.1 Å². The predicted octanol–water partition coefficient (Wildman–Crippen LogP) is -0.169. The third kappa shape index (κ3) is 2.18. The van der Waals surface area contributed by atoms with E-state index in [1.807, 2.05) is 12.1 Å². The van der Waals surface area contributed by atoms with Gasteiger partial charge in [0.15, 0.2) is 9.84 Å². The second-order valence-electron chi connectivity index (χ2n) is 4.04. The molecular weight excluding hydrogens is 226 g/mol. The first-order valence-corrected chi connectivity index (χ1v) is 6.96. The highest BCUT2D eigenvalue weighted by atomic mass is 32.2. The van der Waals surface area contributed by atoms with Crippen LogP contribution >= 0.6 is 0 Å². The van der Waals surface area contributed by atoms with Gasteiger partial charge in [0.1, 0.15) is 0 Å². The topological polar surface area (TPSA) is 84.2 Å². The van der Waals surface area contributed by atoms with Crippen molar-refractivity contribution in [1.82, 2.24) is 10.9 Å². The molecule has 2 atom stereocenters. The molecular formula is C10H15N3O2S. The zero-order valence-corrected chi connectivity index (χ0v) is 9.79. The van der Waals surface area contributed by atoms with E-state index in [9.17, 15) is 8.42 Å². The molecule has 0 saturated carbocycles. The third-order valence-electron chi connectivity index (χ3n) is 2.75. The summed E-state index contributed by atoms with van der Waals surface area (Å²) in [6, 6.07) is 7.03. The standard InChI is InChI=1S/C10H15N3O2S/c1-16(14,15)9-6-12-13-10(9)7-3-2-4-8(11)5-7/h2-5,9-10,12-13H,6,11H2,1H3. The van der Waals surface area contributed by atoms with E-state index in [-0.39, 0.29) is 6.04 Å². The molecule has 2 rings (SSSR count). The minimum atomic E-state index is -3.08. The number of rotatable bonds is 2. The van der Waals surface area contributed by atoms with Gasteiger partial charge in [-0.1, -0.05) is 12.1 Å². The normalized spacial score (nSPS) is 25.8. The van der Waals surface area contributed by atoms with Crippen molar-refractivity contribution >= 4 is 15.5 Å². The SMILES string of the molecule is CS(=O)(=O)C1CNNC1c1cccc(N)c1. The largest absolute Gasteiger partial charge is 0.399 e. The van der Waals surface area contributed by atoms with Gasteiger partial charge in [0, 0.05) is 18.5 Å². The van der Waals surface area contributed by atoms with Crippen LogP contribution in [0.1, 0.15) is 11.6 Å². The van der Waals surface area contributed by atoms with Crippen molar-refractivity contribution in [3.63, 3.8) is 0 Å². The van der Waals surface area contributed by atoms with Gasteiger partial charge in [0.2, 0.25) is 0 Å². The Morgan fingerprint density at radius 3 is 2.81 bits per heavy atom. The first kappa shape index (κ1) is 11.4. The molecule has 5 nitrogen and oxygen atoms in total. The molecule has 1 aliphatic heterocycles. The fourth-order valence-electron chi connectivity index (χ4n) is 1.93. The Hall–Kier alpha value is -1.11. The minimum Gasteiger partial charge on any atom is -0.399 e. The summed E-state index contributed by atoms with van der Waals surface area (Å²) in [6.07, 6.45) is 1.26. The van der Waals surface area contributed by atoms with Crippen LogP contribution in [0.5, 0.6) is 0 Å². The maximum atomic E-state index is 11.6. The number of nitrogen functional groups attached to an aromatic ring is 1. The molecule has 0 bridgehead atoms. The number of nitrogens with two attached hydrogens (primary N) is 1. The van der Waals surface area contributed by atoms with Crippen LogP contribution in [-0.2, 0) is 9.84 Å². The van der Waals surface area contributed by atoms with Crippen molar-refractivity contribution < 1.29 is 8.42 Å². The Morgan fingerprint density at radius 2 is 2.19 bits per heavy atom. The number of sulfone groups is 1. The van der Waals surface area contributed by atoms with E-state index in [2.05, 4.69) is 10.9 Å². The maximum Gasteiger partial charge on any atom is 0.153 e. The smallest absolute Gasteiger partial charge is 0.153 e. The number of benzene rings is 1. The molecule has 1 aliphatic rings. The van der Waals surface area contributed by atoms with Crippen molar-refractivity contribution in [2.45, 2.75) is 11.3 Å². The highest BCUT2D eigenvalue weighted by Gasteiger charge is 2.35. The molecule has 0 spiro atoms. The van der Waals surface area contributed by atoms with Crippen LogP contribution in [0.2, 0.25) is 0 Å². The van der Waals surface area contributed by atoms with Gasteiger partial charge in [-0.15, -0.1) is 0 Å². The van der Waals surface area contributed by atoms with Crippen molar-refractivity contribution in [2.75, 3.05) is 18.5 Å². The number of hydrazine groups is 1. The fourth-order valence-corrected chi connectivity index (χ4v) is 3.03. The molecule has 1 aromatic rings. The van der Waals surface area contributed by atoms with E-state index in [4.69, 9.17) is 5.73 Å². The van der Waals surface area contributed by atoms with Crippen LogP contribution in [0.4, 0.5) is 5.69 Å². The van der Waals surface area contributed by atoms with Crippen LogP contribution in [-0.4, -0.2) is 26.5 Å². The lowest BCUT2D eigenvalue weighted by molar-refractivity contribution is 0.557. The molecule has 6 heteroatoms. The predicted molar refractivity (Wildman–Crippen MR) is 63.4 cm³/mol. The van der Waals surface area contributed by atoms with Gasteiger partial charge >= 0.3 is 0 Å². The molecule has 0 amide bonds. The summed E-state index contributed by atoms with van der Waals surface area (Å²) < 4.78 is 23.2. The molecule has 0 aromatic heterocycles. The van der Waals surface area contributed by atoms with Gasteiger partial charge in [-0.25, -0.2) is 13.8 Å². The van der Waals surface area contributed by atoms with Crippen molar-refractivity contribution in [3.05, 3.63) is 29.8 Å². The Labute approximate surface area is 94.9 Å². The fraction of sp³-hybridized carbons (Fsp3) is 0.400. The summed E-state index contributed by atoms with van der Waals surface area (Å²) in [5, 5.41) is -0.450. The van der Waals surface area contributed by atoms with E-state index in [0.29, 0.717) is 12.2 Å². The van der Waals surface area contributed by atoms with Crippen LogP contribution in [0, 0.1) is 0 Å². The molecule has 0 radical (unpaired) electrons. The average Bonchev–Trinajstić information content (AvgIpc) is 2.65. The highest BCUT2D eigenvalue weighted by molar-refractivity contribution is 7.91. The lowest BCUT2D eigenvalue weighted by atomic mass is 10.0. The zero-order valence-electron chi connectivity index (χ0n) is 8.97. The summed E-state index contributed by atoms with van der Waals surface area (Å²) in [5.41, 5.74) is 13.1. The summed E-state index contributed by atoms with van der Waals surface area (Å²) in [6.45, 7) is 0.415. The Bertz CT molecular complexity index is 487. The molecule has 1 aromatic carbocycles. The molecule has 0 aliphatic carbocycles. The Balaban J connectivity index is 2.34. The Kier molecular flexibility index (Phi) is 2.88. The quantitative estimate of drug-likeness (QED) is 0.626. The van der Waals surface area contributed by atoms with Gasteiger partial charge in [0.05, 0.1) is 11.3 Å². The lowest BCUT2D eigenvalue weighted by Gasteiger charge is -2.17. The van der Waals surface area contributed by atoms with Crippen molar-refractivity contribution in [1.29, 1.82) is 0 Å². The van der Waals surface area contributed by atoms with Gasteiger partial charge in [-0.2, -0.15) is 0 Å². The molecule has 2 unspecified atom stereocenters. The average molecular weight is 241 g/mol. The third-order valence-corrected chi connectivity index (χ3v) is 4.29. The van der Waals surface area contributed by atoms with E-state index in [1.165, 1.54) is 6.26 Å². The maximum absolute atomic E-state index is 11.6. The van der Waals surface area contributed by atoms with Crippen LogP contribution in [0.3, 0.4) is 0 Å². The van der Waals surface area contributed by atoms with Crippen molar-refractivity contribution in [2.24, 2.45) is 0 Å². The summed E-state index contributed by atoms with van der Waals surface area (Å²) in [5.74, 6) is 0. The van der Waals surface area contributed by atoms with Gasteiger partial charge in [0.25, 0.3) is 0 Å². The number of anilines is 1. The van der Waals surface area contributed by atoms with Gasteiger partial charge in [-0.3, -0.25) is 5.43 Å². The Morgan fingerprint density at radius 1 is 1.44 bits per heavy atom. The lowest BCUT2D eigenvalue weighted by Crippen LogP contribution is -2.29. The summed E-state index contributed by atoms with van der Waals surface area (Å²) in [4.78, 5) is 0. The summed E-state index contributed by atoms with van der Waals surface area (Å²) in [7, 11) is -3.08. The number of hydrogen-bond acceptors (Lipinski definition) is 5. The highest BCUT2D eigenvalue weighted by Crippen LogP contribution is 2.25. The molecule has 1 heterocycles. The van der Waals surface area contributed by atoms with Gasteiger partial charge < -0.3 is 5.73 Å². The molecule has 1 saturated heterocycles. The van der Waals surface area contributed by atoms with Crippen LogP contribution in [0.25, 0.3) is 0 Å².